The van der Waals surface area contributed by atoms with Crippen LogP contribution in [0.4, 0.5) is 0 Å². The molecule has 0 aliphatic heterocycles. The van der Waals surface area contributed by atoms with E-state index in [0.29, 0.717) is 5.92 Å². The number of benzene rings is 1. The first-order valence-electron chi connectivity index (χ1n) is 10.2. The quantitative estimate of drug-likeness (QED) is 0.545. The lowest BCUT2D eigenvalue weighted by atomic mass is 9.82. The molecule has 2 atom stereocenters. The van der Waals surface area contributed by atoms with Crippen LogP contribution in [-0.4, -0.2) is 17.3 Å². The summed E-state index contributed by atoms with van der Waals surface area (Å²) in [4.78, 5) is 0. The maximum absolute atomic E-state index is 9.52. The highest BCUT2D eigenvalue weighted by atomic mass is 16.3. The number of unbranched alkanes of at least 4 members (excludes halogenated alkanes) is 5. The van der Waals surface area contributed by atoms with E-state index in [0.717, 1.165) is 19.3 Å². The molecule has 0 bridgehead atoms. The average Bonchev–Trinajstić information content (AvgIpc) is 2.79. The molecule has 0 fully saturated rings. The molecular formula is C23H37NO. The van der Waals surface area contributed by atoms with Gasteiger partial charge in [0.15, 0.2) is 0 Å². The highest BCUT2D eigenvalue weighted by Crippen LogP contribution is 2.35. The molecule has 2 rings (SSSR count). The lowest BCUT2D eigenvalue weighted by molar-refractivity contribution is 0.191. The van der Waals surface area contributed by atoms with Crippen LogP contribution in [0.2, 0.25) is 0 Å². The molecule has 0 saturated heterocycles. The maximum Gasteiger partial charge on any atom is 0.0608 e. The predicted molar refractivity (Wildman–Crippen MR) is 109 cm³/mol. The lowest BCUT2D eigenvalue weighted by Crippen LogP contribution is -2.41. The first kappa shape index (κ1) is 20.2. The zero-order valence-electron chi connectivity index (χ0n) is 16.3. The number of aliphatic hydroxyl groups is 1. The Morgan fingerprint density at radius 3 is 2.68 bits per heavy atom. The van der Waals surface area contributed by atoms with Gasteiger partial charge in [-0.25, -0.2) is 0 Å². The monoisotopic (exact) mass is 343 g/mol. The molecular weight excluding hydrogens is 306 g/mol. The van der Waals surface area contributed by atoms with Crippen LogP contribution in [-0.2, 0) is 6.42 Å². The van der Waals surface area contributed by atoms with Gasteiger partial charge >= 0.3 is 0 Å². The molecule has 1 aromatic carbocycles. The van der Waals surface area contributed by atoms with Gasteiger partial charge in [-0.15, -0.1) is 0 Å². The Kier molecular flexibility index (Phi) is 8.18. The minimum atomic E-state index is -0.497. The topological polar surface area (TPSA) is 46.2 Å². The summed E-state index contributed by atoms with van der Waals surface area (Å²) in [7, 11) is 0. The summed E-state index contributed by atoms with van der Waals surface area (Å²) in [5, 5.41) is 9.52. The van der Waals surface area contributed by atoms with Gasteiger partial charge in [0.2, 0.25) is 0 Å². The molecule has 0 aromatic heterocycles. The average molecular weight is 344 g/mol. The third kappa shape index (κ3) is 6.60. The maximum atomic E-state index is 9.52. The summed E-state index contributed by atoms with van der Waals surface area (Å²) in [6, 6.07) is 7.00. The molecule has 140 valence electrons. The van der Waals surface area contributed by atoms with Gasteiger partial charge in [0, 0.05) is 5.54 Å². The summed E-state index contributed by atoms with van der Waals surface area (Å²) in [6.45, 7) is 4.27. The van der Waals surface area contributed by atoms with Crippen LogP contribution in [0.5, 0.6) is 0 Å². The second kappa shape index (κ2) is 10.1. The van der Waals surface area contributed by atoms with Gasteiger partial charge in [0.1, 0.15) is 0 Å². The van der Waals surface area contributed by atoms with Crippen LogP contribution in [0.15, 0.2) is 24.3 Å². The Balaban J connectivity index is 1.98. The molecule has 1 aliphatic carbocycles. The zero-order chi connectivity index (χ0) is 18.1. The van der Waals surface area contributed by atoms with Crippen molar-refractivity contribution in [3.8, 4) is 0 Å². The number of fused-ring (bicyclic) bond motifs is 1. The van der Waals surface area contributed by atoms with E-state index < -0.39 is 5.54 Å². The first-order chi connectivity index (χ1) is 12.1. The molecule has 25 heavy (non-hydrogen) atoms. The standard InChI is InChI=1S/C23H37NO/c1-3-4-5-6-7-8-11-19-14-15-22-20(16-19)12-9-10-13-21(22)17-23(2,24)18-25/h9,12,14-16,21,25H,3-8,10-11,13,17-18,24H2,1-2H3/t21-,23-/m0/s1. The van der Waals surface area contributed by atoms with E-state index in [1.165, 1.54) is 61.6 Å². The molecule has 0 saturated carbocycles. The van der Waals surface area contributed by atoms with E-state index in [-0.39, 0.29) is 6.61 Å². The van der Waals surface area contributed by atoms with Crippen molar-refractivity contribution in [3.05, 3.63) is 41.0 Å². The second-order valence-electron chi connectivity index (χ2n) is 8.17. The van der Waals surface area contributed by atoms with Gasteiger partial charge < -0.3 is 10.8 Å². The smallest absolute Gasteiger partial charge is 0.0608 e. The third-order valence-corrected chi connectivity index (χ3v) is 5.46. The summed E-state index contributed by atoms with van der Waals surface area (Å²) in [6.07, 6.45) is 16.9. The molecule has 0 radical (unpaired) electrons. The van der Waals surface area contributed by atoms with Crippen molar-refractivity contribution in [2.75, 3.05) is 6.61 Å². The van der Waals surface area contributed by atoms with Crippen LogP contribution >= 0.6 is 0 Å². The van der Waals surface area contributed by atoms with E-state index in [1.807, 2.05) is 6.92 Å². The van der Waals surface area contributed by atoms with Crippen LogP contribution in [0.3, 0.4) is 0 Å². The molecule has 0 heterocycles. The van der Waals surface area contributed by atoms with Crippen LogP contribution < -0.4 is 5.73 Å². The highest BCUT2D eigenvalue weighted by molar-refractivity contribution is 5.57. The minimum absolute atomic E-state index is 0.0440. The SMILES string of the molecule is CCCCCCCCc1ccc2c(c1)C=CCC[C@H]2C[C@](C)(N)CO. The van der Waals surface area contributed by atoms with Gasteiger partial charge in [0.05, 0.1) is 6.61 Å². The summed E-state index contributed by atoms with van der Waals surface area (Å²) in [5.74, 6) is 0.440. The van der Waals surface area contributed by atoms with Crippen molar-refractivity contribution in [2.24, 2.45) is 5.73 Å². The second-order valence-corrected chi connectivity index (χ2v) is 8.17. The molecule has 3 N–H and O–H groups in total. The van der Waals surface area contributed by atoms with Gasteiger partial charge in [-0.1, -0.05) is 69.4 Å². The van der Waals surface area contributed by atoms with Crippen molar-refractivity contribution in [2.45, 2.75) is 89.5 Å². The van der Waals surface area contributed by atoms with E-state index >= 15 is 0 Å². The largest absolute Gasteiger partial charge is 0.394 e. The Labute approximate surface area is 154 Å². The van der Waals surface area contributed by atoms with Crippen LogP contribution in [0.25, 0.3) is 6.08 Å². The number of allylic oxidation sites excluding steroid dienone is 1. The van der Waals surface area contributed by atoms with E-state index in [9.17, 15) is 5.11 Å². The van der Waals surface area contributed by atoms with Crippen molar-refractivity contribution >= 4 is 6.08 Å². The number of rotatable bonds is 10. The van der Waals surface area contributed by atoms with Gasteiger partial charge in [-0.3, -0.25) is 0 Å². The minimum Gasteiger partial charge on any atom is -0.394 e. The van der Waals surface area contributed by atoms with Gasteiger partial charge in [-0.2, -0.15) is 0 Å². The van der Waals surface area contributed by atoms with Gasteiger partial charge in [-0.05, 0) is 61.6 Å². The number of hydrogen-bond donors (Lipinski definition) is 2. The molecule has 0 spiro atoms. The predicted octanol–water partition coefficient (Wildman–Crippen LogP) is 5.58. The first-order valence-corrected chi connectivity index (χ1v) is 10.2. The van der Waals surface area contributed by atoms with E-state index in [4.69, 9.17) is 5.73 Å². The lowest BCUT2D eigenvalue weighted by Gasteiger charge is -2.28. The zero-order valence-corrected chi connectivity index (χ0v) is 16.3. The fourth-order valence-electron chi connectivity index (χ4n) is 3.91. The number of hydrogen-bond acceptors (Lipinski definition) is 2. The van der Waals surface area contributed by atoms with Crippen LogP contribution in [0, 0.1) is 0 Å². The molecule has 0 amide bonds. The van der Waals surface area contributed by atoms with Gasteiger partial charge in [0.25, 0.3) is 0 Å². The molecule has 1 aliphatic rings. The number of aryl methyl sites for hydroxylation is 1. The normalized spacial score (nSPS) is 19.3. The summed E-state index contributed by atoms with van der Waals surface area (Å²) in [5.41, 5.74) is 9.96. The Hall–Kier alpha value is -1.12. The van der Waals surface area contributed by atoms with Crippen molar-refractivity contribution in [1.29, 1.82) is 0 Å². The van der Waals surface area contributed by atoms with E-state index in [1.54, 1.807) is 0 Å². The number of aliphatic hydroxyl groups excluding tert-OH is 1. The molecule has 1 aromatic rings. The van der Waals surface area contributed by atoms with Crippen LogP contribution in [0.1, 0.15) is 94.2 Å². The summed E-state index contributed by atoms with van der Waals surface area (Å²) >= 11 is 0. The number of nitrogens with two attached hydrogens (primary N) is 1. The fourth-order valence-corrected chi connectivity index (χ4v) is 3.91. The highest BCUT2D eigenvalue weighted by Gasteiger charge is 2.26. The molecule has 2 heteroatoms. The molecule has 2 nitrogen and oxygen atoms in total. The summed E-state index contributed by atoms with van der Waals surface area (Å²) < 4.78 is 0. The third-order valence-electron chi connectivity index (χ3n) is 5.46. The van der Waals surface area contributed by atoms with Crippen molar-refractivity contribution in [3.63, 3.8) is 0 Å². The molecule has 0 unspecified atom stereocenters. The Morgan fingerprint density at radius 2 is 1.92 bits per heavy atom. The Bertz CT molecular complexity index is 547. The van der Waals surface area contributed by atoms with Crippen molar-refractivity contribution in [1.82, 2.24) is 0 Å². The van der Waals surface area contributed by atoms with Crippen molar-refractivity contribution < 1.29 is 5.11 Å². The van der Waals surface area contributed by atoms with E-state index in [2.05, 4.69) is 37.3 Å². The fraction of sp³-hybridized carbons (Fsp3) is 0.652. The Morgan fingerprint density at radius 1 is 1.16 bits per heavy atom.